The molecule has 0 atom stereocenters. The Morgan fingerprint density at radius 2 is 1.78 bits per heavy atom. The molecule has 1 aromatic heterocycles. The van der Waals surface area contributed by atoms with Gasteiger partial charge in [0, 0.05) is 23.1 Å². The van der Waals surface area contributed by atoms with Crippen molar-refractivity contribution in [3.05, 3.63) is 74.0 Å². The number of pyridine rings is 1. The molecule has 0 bridgehead atoms. The lowest BCUT2D eigenvalue weighted by atomic mass is 10.1. The topological polar surface area (TPSA) is 77.2 Å². The van der Waals surface area contributed by atoms with E-state index in [-0.39, 0.29) is 5.69 Å². The number of fused-ring (bicyclic) bond motifs is 1. The summed E-state index contributed by atoms with van der Waals surface area (Å²) in [5, 5.41) is 15.5. The van der Waals surface area contributed by atoms with Crippen LogP contribution in [0.4, 0.5) is 17.1 Å². The van der Waals surface area contributed by atoms with Crippen LogP contribution in [-0.4, -0.2) is 9.49 Å². The van der Waals surface area contributed by atoms with Crippen LogP contribution < -0.4 is 10.9 Å². The number of rotatable bonds is 3. The predicted molar refractivity (Wildman–Crippen MR) is 90.6 cm³/mol. The van der Waals surface area contributed by atoms with Gasteiger partial charge < -0.3 is 9.88 Å². The molecule has 0 aliphatic heterocycles. The molecule has 0 unspecified atom stereocenters. The molecule has 0 saturated heterocycles. The van der Waals surface area contributed by atoms with Gasteiger partial charge in [0.25, 0.3) is 0 Å². The van der Waals surface area contributed by atoms with E-state index in [0.29, 0.717) is 21.6 Å². The van der Waals surface area contributed by atoms with Crippen molar-refractivity contribution in [2.75, 3.05) is 5.32 Å². The number of hydrogen-bond donors (Lipinski definition) is 1. The quantitative estimate of drug-likeness (QED) is 0.585. The average molecular weight is 330 g/mol. The number of hydrogen-bond acceptors (Lipinski definition) is 4. The van der Waals surface area contributed by atoms with Crippen molar-refractivity contribution in [1.82, 2.24) is 4.57 Å². The summed E-state index contributed by atoms with van der Waals surface area (Å²) in [6, 6.07) is 13.7. The van der Waals surface area contributed by atoms with Crippen molar-refractivity contribution in [2.45, 2.75) is 0 Å². The Morgan fingerprint density at radius 3 is 2.43 bits per heavy atom. The molecule has 0 aliphatic rings. The SMILES string of the molecule is Cn1c(=O)c([N+](=O)[O-])c(Nc2ccc(Cl)cc2)c2ccccc21. The molecular weight excluding hydrogens is 318 g/mol. The molecule has 0 aliphatic carbocycles. The van der Waals surface area contributed by atoms with Crippen LogP contribution in [0.2, 0.25) is 5.02 Å². The number of benzene rings is 2. The minimum Gasteiger partial charge on any atom is -0.349 e. The highest BCUT2D eigenvalue weighted by atomic mass is 35.5. The minimum absolute atomic E-state index is 0.177. The number of anilines is 2. The average Bonchev–Trinajstić information content (AvgIpc) is 2.54. The Labute approximate surface area is 136 Å². The van der Waals surface area contributed by atoms with E-state index in [9.17, 15) is 14.9 Å². The zero-order valence-electron chi connectivity index (χ0n) is 12.1. The molecular formula is C16H12ClN3O3. The van der Waals surface area contributed by atoms with Gasteiger partial charge in [0.1, 0.15) is 5.69 Å². The second-order valence-corrected chi connectivity index (χ2v) is 5.43. The van der Waals surface area contributed by atoms with Crippen molar-refractivity contribution >= 4 is 39.6 Å². The number of nitrogens with one attached hydrogen (secondary N) is 1. The number of aromatic nitrogens is 1. The first-order chi connectivity index (χ1) is 11.0. The van der Waals surface area contributed by atoms with Crippen molar-refractivity contribution in [3.63, 3.8) is 0 Å². The third kappa shape index (κ3) is 2.64. The maximum Gasteiger partial charge on any atom is 0.357 e. The van der Waals surface area contributed by atoms with E-state index in [4.69, 9.17) is 11.6 Å². The van der Waals surface area contributed by atoms with Crippen LogP contribution in [0.1, 0.15) is 0 Å². The standard InChI is InChI=1S/C16H12ClN3O3/c1-19-13-5-3-2-4-12(13)14(15(16(19)21)20(22)23)18-11-8-6-10(17)7-9-11/h2-9,18H,1H3. The van der Waals surface area contributed by atoms with Gasteiger partial charge in [-0.25, -0.2) is 0 Å². The Morgan fingerprint density at radius 1 is 1.13 bits per heavy atom. The van der Waals surface area contributed by atoms with Crippen LogP contribution in [0, 0.1) is 10.1 Å². The predicted octanol–water partition coefficient (Wildman–Crippen LogP) is 3.84. The first kappa shape index (κ1) is 15.1. The Kier molecular flexibility index (Phi) is 3.75. The second-order valence-electron chi connectivity index (χ2n) is 4.99. The van der Waals surface area contributed by atoms with Gasteiger partial charge in [-0.05, 0) is 30.3 Å². The fraction of sp³-hybridized carbons (Fsp3) is 0.0625. The molecule has 0 saturated carbocycles. The van der Waals surface area contributed by atoms with Crippen LogP contribution >= 0.6 is 11.6 Å². The molecule has 116 valence electrons. The van der Waals surface area contributed by atoms with Gasteiger partial charge in [0.05, 0.1) is 10.4 Å². The zero-order chi connectivity index (χ0) is 16.6. The first-order valence-corrected chi connectivity index (χ1v) is 7.15. The Hall–Kier alpha value is -2.86. The molecule has 0 spiro atoms. The van der Waals surface area contributed by atoms with Crippen molar-refractivity contribution in [2.24, 2.45) is 7.05 Å². The van der Waals surface area contributed by atoms with Gasteiger partial charge >= 0.3 is 11.2 Å². The van der Waals surface area contributed by atoms with Gasteiger partial charge in [-0.15, -0.1) is 0 Å². The summed E-state index contributed by atoms with van der Waals surface area (Å²) < 4.78 is 1.28. The Balaban J connectivity index is 2.31. The Bertz CT molecular complexity index is 965. The van der Waals surface area contributed by atoms with Crippen LogP contribution in [0.25, 0.3) is 10.9 Å². The number of aryl methyl sites for hydroxylation is 1. The molecule has 2 aromatic carbocycles. The largest absolute Gasteiger partial charge is 0.357 e. The summed E-state index contributed by atoms with van der Waals surface area (Å²) in [6.07, 6.45) is 0. The van der Waals surface area contributed by atoms with Gasteiger partial charge in [-0.3, -0.25) is 14.9 Å². The zero-order valence-corrected chi connectivity index (χ0v) is 12.9. The molecule has 1 N–H and O–H groups in total. The summed E-state index contributed by atoms with van der Waals surface area (Å²) in [7, 11) is 1.52. The summed E-state index contributed by atoms with van der Waals surface area (Å²) >= 11 is 5.85. The van der Waals surface area contributed by atoms with E-state index in [0.717, 1.165) is 0 Å². The van der Waals surface area contributed by atoms with Gasteiger partial charge in [0.15, 0.2) is 0 Å². The molecule has 6 nitrogen and oxygen atoms in total. The molecule has 1 heterocycles. The smallest absolute Gasteiger partial charge is 0.349 e. The fourth-order valence-corrected chi connectivity index (χ4v) is 2.58. The van der Waals surface area contributed by atoms with Crippen molar-refractivity contribution in [1.29, 1.82) is 0 Å². The summed E-state index contributed by atoms with van der Waals surface area (Å²) in [4.78, 5) is 23.1. The fourth-order valence-electron chi connectivity index (χ4n) is 2.45. The van der Waals surface area contributed by atoms with E-state index in [2.05, 4.69) is 5.32 Å². The molecule has 3 aromatic rings. The highest BCUT2D eigenvalue weighted by molar-refractivity contribution is 6.30. The van der Waals surface area contributed by atoms with Gasteiger partial charge in [-0.1, -0.05) is 29.8 Å². The minimum atomic E-state index is -0.662. The lowest BCUT2D eigenvalue weighted by molar-refractivity contribution is -0.385. The summed E-state index contributed by atoms with van der Waals surface area (Å²) in [5.41, 5.74) is 0.248. The van der Waals surface area contributed by atoms with E-state index in [1.165, 1.54) is 11.6 Å². The highest BCUT2D eigenvalue weighted by Gasteiger charge is 2.24. The van der Waals surface area contributed by atoms with E-state index >= 15 is 0 Å². The van der Waals surface area contributed by atoms with Crippen LogP contribution in [0.3, 0.4) is 0 Å². The summed E-state index contributed by atoms with van der Waals surface area (Å²) in [6.45, 7) is 0. The number of halogens is 1. The second kappa shape index (κ2) is 5.73. The first-order valence-electron chi connectivity index (χ1n) is 6.78. The van der Waals surface area contributed by atoms with Crippen LogP contribution in [0.5, 0.6) is 0 Å². The number of nitro groups is 1. The maximum absolute atomic E-state index is 12.3. The number of nitrogens with zero attached hydrogens (tertiary/aromatic N) is 2. The monoisotopic (exact) mass is 329 g/mol. The van der Waals surface area contributed by atoms with Gasteiger partial charge in [0.2, 0.25) is 0 Å². The van der Waals surface area contributed by atoms with Crippen molar-refractivity contribution < 1.29 is 4.92 Å². The molecule has 0 amide bonds. The lowest BCUT2D eigenvalue weighted by Gasteiger charge is -2.12. The van der Waals surface area contributed by atoms with Crippen molar-refractivity contribution in [3.8, 4) is 0 Å². The summed E-state index contributed by atoms with van der Waals surface area (Å²) in [5.74, 6) is 0. The molecule has 23 heavy (non-hydrogen) atoms. The van der Waals surface area contributed by atoms with Crippen LogP contribution in [-0.2, 0) is 7.05 Å². The van der Waals surface area contributed by atoms with E-state index in [1.807, 2.05) is 0 Å². The third-order valence-corrected chi connectivity index (χ3v) is 3.83. The molecule has 7 heteroatoms. The molecule has 0 fully saturated rings. The highest BCUT2D eigenvalue weighted by Crippen LogP contribution is 2.32. The maximum atomic E-state index is 12.3. The molecule has 3 rings (SSSR count). The van der Waals surface area contributed by atoms with Gasteiger partial charge in [-0.2, -0.15) is 0 Å². The van der Waals surface area contributed by atoms with Crippen LogP contribution in [0.15, 0.2) is 53.3 Å². The normalized spacial score (nSPS) is 10.7. The van der Waals surface area contributed by atoms with E-state index in [1.54, 1.807) is 48.5 Å². The lowest BCUT2D eigenvalue weighted by Crippen LogP contribution is -2.21. The molecule has 0 radical (unpaired) electrons. The number of para-hydroxylation sites is 1. The third-order valence-electron chi connectivity index (χ3n) is 3.57. The van der Waals surface area contributed by atoms with E-state index < -0.39 is 16.2 Å².